The molecule has 0 spiro atoms. The lowest BCUT2D eigenvalue weighted by Crippen LogP contribution is -2.35. The van der Waals surface area contributed by atoms with Gasteiger partial charge in [0.25, 0.3) is 0 Å². The Labute approximate surface area is 142 Å². The SMILES string of the molecule is Oc1ccc(C2CCC(NCC(O)c3ccc(F)cc3)CC2)cc1. The van der Waals surface area contributed by atoms with Crippen molar-refractivity contribution in [1.82, 2.24) is 5.32 Å². The highest BCUT2D eigenvalue weighted by atomic mass is 19.1. The second-order valence-corrected chi connectivity index (χ2v) is 6.62. The molecule has 1 aliphatic rings. The van der Waals surface area contributed by atoms with Crippen molar-refractivity contribution in [2.75, 3.05) is 6.54 Å². The van der Waals surface area contributed by atoms with Gasteiger partial charge in [-0.05, 0) is 67.0 Å². The van der Waals surface area contributed by atoms with Gasteiger partial charge >= 0.3 is 0 Å². The predicted molar refractivity (Wildman–Crippen MR) is 92.5 cm³/mol. The lowest BCUT2D eigenvalue weighted by molar-refractivity contribution is 0.164. The third-order valence-corrected chi connectivity index (χ3v) is 4.95. The highest BCUT2D eigenvalue weighted by molar-refractivity contribution is 5.28. The van der Waals surface area contributed by atoms with E-state index in [1.807, 2.05) is 12.1 Å². The molecule has 4 heteroatoms. The Kier molecular flexibility index (Phi) is 5.48. The molecule has 1 unspecified atom stereocenters. The molecule has 3 nitrogen and oxygen atoms in total. The van der Waals surface area contributed by atoms with Crippen molar-refractivity contribution < 1.29 is 14.6 Å². The van der Waals surface area contributed by atoms with E-state index in [0.717, 1.165) is 31.2 Å². The van der Waals surface area contributed by atoms with Crippen LogP contribution in [0.5, 0.6) is 5.75 Å². The Morgan fingerprint density at radius 2 is 1.58 bits per heavy atom. The highest BCUT2D eigenvalue weighted by Gasteiger charge is 2.22. The van der Waals surface area contributed by atoms with Gasteiger partial charge in [-0.1, -0.05) is 24.3 Å². The molecule has 1 fully saturated rings. The van der Waals surface area contributed by atoms with Gasteiger partial charge in [-0.3, -0.25) is 0 Å². The van der Waals surface area contributed by atoms with Crippen LogP contribution < -0.4 is 5.32 Å². The first-order chi connectivity index (χ1) is 11.6. The van der Waals surface area contributed by atoms with Crippen molar-refractivity contribution in [3.63, 3.8) is 0 Å². The Morgan fingerprint density at radius 3 is 2.21 bits per heavy atom. The minimum atomic E-state index is -0.611. The zero-order valence-electron chi connectivity index (χ0n) is 13.7. The van der Waals surface area contributed by atoms with Crippen molar-refractivity contribution in [2.45, 2.75) is 43.7 Å². The second-order valence-electron chi connectivity index (χ2n) is 6.62. The van der Waals surface area contributed by atoms with Crippen LogP contribution in [-0.4, -0.2) is 22.8 Å². The zero-order valence-corrected chi connectivity index (χ0v) is 13.7. The molecule has 2 aromatic rings. The van der Waals surface area contributed by atoms with E-state index in [-0.39, 0.29) is 5.82 Å². The lowest BCUT2D eigenvalue weighted by atomic mass is 9.81. The lowest BCUT2D eigenvalue weighted by Gasteiger charge is -2.30. The summed E-state index contributed by atoms with van der Waals surface area (Å²) < 4.78 is 12.9. The molecule has 2 aromatic carbocycles. The first-order valence-corrected chi connectivity index (χ1v) is 8.57. The minimum Gasteiger partial charge on any atom is -0.508 e. The van der Waals surface area contributed by atoms with Gasteiger partial charge in [0.2, 0.25) is 0 Å². The van der Waals surface area contributed by atoms with Crippen LogP contribution in [0.4, 0.5) is 4.39 Å². The summed E-state index contributed by atoms with van der Waals surface area (Å²) in [6, 6.07) is 13.9. The maximum absolute atomic E-state index is 12.9. The number of hydrogen-bond acceptors (Lipinski definition) is 3. The fourth-order valence-corrected chi connectivity index (χ4v) is 3.46. The molecule has 0 aromatic heterocycles. The fourth-order valence-electron chi connectivity index (χ4n) is 3.46. The van der Waals surface area contributed by atoms with Crippen LogP contribution in [0.2, 0.25) is 0 Å². The molecule has 24 heavy (non-hydrogen) atoms. The van der Waals surface area contributed by atoms with Crippen molar-refractivity contribution in [1.29, 1.82) is 0 Å². The van der Waals surface area contributed by atoms with E-state index in [4.69, 9.17) is 0 Å². The zero-order chi connectivity index (χ0) is 16.9. The Hall–Kier alpha value is -1.91. The van der Waals surface area contributed by atoms with E-state index in [1.54, 1.807) is 24.3 Å². The smallest absolute Gasteiger partial charge is 0.123 e. The summed E-state index contributed by atoms with van der Waals surface area (Å²) in [6.07, 6.45) is 3.74. The standard InChI is InChI=1S/C20H24FNO2/c21-17-7-1-16(2-8-17)20(24)13-22-18-9-3-14(4-10-18)15-5-11-19(23)12-6-15/h1-2,5-8,11-12,14,18,20,22-24H,3-4,9-10,13H2. The quantitative estimate of drug-likeness (QED) is 0.780. The molecule has 0 bridgehead atoms. The first-order valence-electron chi connectivity index (χ1n) is 8.57. The number of rotatable bonds is 5. The molecular weight excluding hydrogens is 305 g/mol. The maximum Gasteiger partial charge on any atom is 0.123 e. The van der Waals surface area contributed by atoms with Crippen molar-refractivity contribution in [2.24, 2.45) is 0 Å². The summed E-state index contributed by atoms with van der Waals surface area (Å²) in [5.74, 6) is 0.570. The number of hydrogen-bond donors (Lipinski definition) is 3. The van der Waals surface area contributed by atoms with Crippen molar-refractivity contribution in [3.05, 3.63) is 65.5 Å². The molecule has 0 saturated heterocycles. The number of phenolic OH excluding ortho intramolecular Hbond substituents is 1. The number of benzene rings is 2. The topological polar surface area (TPSA) is 52.5 Å². The van der Waals surface area contributed by atoms with Crippen LogP contribution in [0.15, 0.2) is 48.5 Å². The van der Waals surface area contributed by atoms with Crippen LogP contribution >= 0.6 is 0 Å². The predicted octanol–water partition coefficient (Wildman–Crippen LogP) is 3.88. The number of nitrogens with one attached hydrogen (secondary N) is 1. The molecule has 0 aliphatic heterocycles. The van der Waals surface area contributed by atoms with Crippen LogP contribution in [0.25, 0.3) is 0 Å². The molecule has 3 rings (SSSR count). The average Bonchev–Trinajstić information content (AvgIpc) is 2.61. The van der Waals surface area contributed by atoms with Crippen LogP contribution in [0.3, 0.4) is 0 Å². The third-order valence-electron chi connectivity index (χ3n) is 4.95. The normalized spacial score (nSPS) is 22.2. The minimum absolute atomic E-state index is 0.286. The van der Waals surface area contributed by atoms with E-state index in [9.17, 15) is 14.6 Å². The van der Waals surface area contributed by atoms with Gasteiger partial charge in [-0.2, -0.15) is 0 Å². The maximum atomic E-state index is 12.9. The molecule has 1 saturated carbocycles. The third kappa shape index (κ3) is 4.34. The van der Waals surface area contributed by atoms with Crippen LogP contribution in [0, 0.1) is 5.82 Å². The number of phenols is 1. The number of aliphatic hydroxyl groups is 1. The number of aliphatic hydroxyl groups excluding tert-OH is 1. The van der Waals surface area contributed by atoms with Crippen molar-refractivity contribution >= 4 is 0 Å². The Morgan fingerprint density at radius 1 is 0.958 bits per heavy atom. The number of halogens is 1. The van der Waals surface area contributed by atoms with Crippen molar-refractivity contribution in [3.8, 4) is 5.75 Å². The second kappa shape index (κ2) is 7.77. The van der Waals surface area contributed by atoms with E-state index in [1.165, 1.54) is 17.7 Å². The van der Waals surface area contributed by atoms with Gasteiger partial charge in [-0.25, -0.2) is 4.39 Å². The van der Waals surface area contributed by atoms with Crippen LogP contribution in [0.1, 0.15) is 48.8 Å². The Bertz CT molecular complexity index is 634. The van der Waals surface area contributed by atoms with Crippen LogP contribution in [-0.2, 0) is 0 Å². The first kappa shape index (κ1) is 16.9. The summed E-state index contributed by atoms with van der Waals surface area (Å²) in [4.78, 5) is 0. The molecule has 1 aliphatic carbocycles. The van der Waals surface area contributed by atoms with Gasteiger partial charge in [0.15, 0.2) is 0 Å². The summed E-state index contributed by atoms with van der Waals surface area (Å²) in [5, 5.41) is 23.0. The van der Waals surface area contributed by atoms with E-state index in [0.29, 0.717) is 24.3 Å². The van der Waals surface area contributed by atoms with Gasteiger partial charge < -0.3 is 15.5 Å². The van der Waals surface area contributed by atoms with Gasteiger partial charge in [0, 0.05) is 12.6 Å². The van der Waals surface area contributed by atoms with E-state index < -0.39 is 6.10 Å². The average molecular weight is 329 g/mol. The van der Waals surface area contributed by atoms with Gasteiger partial charge in [0.1, 0.15) is 11.6 Å². The van der Waals surface area contributed by atoms with E-state index >= 15 is 0 Å². The molecule has 0 heterocycles. The molecule has 0 amide bonds. The van der Waals surface area contributed by atoms with Gasteiger partial charge in [0.05, 0.1) is 6.10 Å². The monoisotopic (exact) mass is 329 g/mol. The fraction of sp³-hybridized carbons (Fsp3) is 0.400. The molecule has 3 N–H and O–H groups in total. The Balaban J connectivity index is 1.45. The summed E-state index contributed by atoms with van der Waals surface area (Å²) in [6.45, 7) is 0.486. The van der Waals surface area contributed by atoms with E-state index in [2.05, 4.69) is 5.32 Å². The highest BCUT2D eigenvalue weighted by Crippen LogP contribution is 2.33. The summed E-state index contributed by atoms with van der Waals surface area (Å²) in [7, 11) is 0. The number of aromatic hydroxyl groups is 1. The summed E-state index contributed by atoms with van der Waals surface area (Å²) in [5.41, 5.74) is 2.03. The van der Waals surface area contributed by atoms with Gasteiger partial charge in [-0.15, -0.1) is 0 Å². The molecule has 128 valence electrons. The molecular formula is C20H24FNO2. The summed E-state index contributed by atoms with van der Waals surface area (Å²) >= 11 is 0. The molecule has 0 radical (unpaired) electrons. The molecule has 1 atom stereocenters. The largest absolute Gasteiger partial charge is 0.508 e.